The van der Waals surface area contributed by atoms with Crippen molar-refractivity contribution in [3.05, 3.63) is 94.8 Å². The van der Waals surface area contributed by atoms with Gasteiger partial charge in [-0.1, -0.05) is 53.6 Å². The van der Waals surface area contributed by atoms with Crippen molar-refractivity contribution >= 4 is 33.2 Å². The molecular formula is C24H24ClFN2O3S. The number of hydrogen-bond acceptors (Lipinski definition) is 3. The number of hydrogen-bond donors (Lipinski definition) is 1. The van der Waals surface area contributed by atoms with Crippen LogP contribution in [-0.2, 0) is 21.2 Å². The van der Waals surface area contributed by atoms with Crippen LogP contribution >= 0.6 is 11.6 Å². The zero-order chi connectivity index (χ0) is 23.1. The molecule has 3 aromatic carbocycles. The van der Waals surface area contributed by atoms with Crippen LogP contribution in [0, 0.1) is 12.7 Å². The SMILES string of the molecule is Cc1ccc(S(=O)(=O)N(CC(=O)NCCCc2ccc(F)cc2)c2ccccc2Cl)cc1. The highest BCUT2D eigenvalue weighted by atomic mass is 35.5. The number of amides is 1. The minimum atomic E-state index is -4.01. The summed E-state index contributed by atoms with van der Waals surface area (Å²) in [7, 11) is -4.01. The fourth-order valence-corrected chi connectivity index (χ4v) is 4.88. The number of nitrogens with zero attached hydrogens (tertiary/aromatic N) is 1. The minimum absolute atomic E-state index is 0.0760. The molecule has 0 aliphatic rings. The molecule has 0 saturated carbocycles. The Balaban J connectivity index is 1.71. The Morgan fingerprint density at radius 1 is 1.00 bits per heavy atom. The molecule has 32 heavy (non-hydrogen) atoms. The highest BCUT2D eigenvalue weighted by molar-refractivity contribution is 7.92. The van der Waals surface area contributed by atoms with E-state index < -0.39 is 22.5 Å². The maximum Gasteiger partial charge on any atom is 0.264 e. The second kappa shape index (κ2) is 10.6. The van der Waals surface area contributed by atoms with Crippen molar-refractivity contribution in [1.29, 1.82) is 0 Å². The first kappa shape index (κ1) is 23.8. The Morgan fingerprint density at radius 2 is 1.66 bits per heavy atom. The molecule has 5 nitrogen and oxygen atoms in total. The van der Waals surface area contributed by atoms with E-state index in [9.17, 15) is 17.6 Å². The molecule has 0 radical (unpaired) electrons. The normalized spacial score (nSPS) is 11.2. The Morgan fingerprint density at radius 3 is 2.31 bits per heavy atom. The van der Waals surface area contributed by atoms with Crippen molar-refractivity contribution in [3.8, 4) is 0 Å². The Bertz CT molecular complexity index is 1170. The molecule has 0 bridgehead atoms. The number of para-hydroxylation sites is 1. The molecule has 8 heteroatoms. The van der Waals surface area contributed by atoms with Gasteiger partial charge in [-0.25, -0.2) is 12.8 Å². The summed E-state index contributed by atoms with van der Waals surface area (Å²) in [5.74, 6) is -0.740. The number of benzene rings is 3. The molecule has 0 fully saturated rings. The van der Waals surface area contributed by atoms with Crippen molar-refractivity contribution in [2.45, 2.75) is 24.7 Å². The van der Waals surface area contributed by atoms with Crippen LogP contribution in [0.25, 0.3) is 0 Å². The van der Waals surface area contributed by atoms with E-state index in [1.54, 1.807) is 48.5 Å². The summed E-state index contributed by atoms with van der Waals surface area (Å²) >= 11 is 6.26. The van der Waals surface area contributed by atoms with E-state index in [1.807, 2.05) is 6.92 Å². The summed E-state index contributed by atoms with van der Waals surface area (Å²) < 4.78 is 40.7. The highest BCUT2D eigenvalue weighted by Crippen LogP contribution is 2.30. The second-order valence-corrected chi connectivity index (χ2v) is 9.63. The van der Waals surface area contributed by atoms with Gasteiger partial charge in [-0.05, 0) is 61.7 Å². The van der Waals surface area contributed by atoms with Crippen molar-refractivity contribution in [3.63, 3.8) is 0 Å². The fourth-order valence-electron chi connectivity index (χ4n) is 3.15. The third-order valence-corrected chi connectivity index (χ3v) is 6.99. The van der Waals surface area contributed by atoms with Crippen LogP contribution in [0.5, 0.6) is 0 Å². The van der Waals surface area contributed by atoms with Crippen LogP contribution in [0.2, 0.25) is 5.02 Å². The average molecular weight is 475 g/mol. The van der Waals surface area contributed by atoms with Crippen molar-refractivity contribution in [2.75, 3.05) is 17.4 Å². The first-order valence-electron chi connectivity index (χ1n) is 10.1. The van der Waals surface area contributed by atoms with E-state index in [0.717, 1.165) is 15.4 Å². The van der Waals surface area contributed by atoms with Crippen molar-refractivity contribution in [1.82, 2.24) is 5.32 Å². The van der Waals surface area contributed by atoms with Gasteiger partial charge in [0.1, 0.15) is 12.4 Å². The van der Waals surface area contributed by atoms with E-state index in [1.165, 1.54) is 24.3 Å². The number of anilines is 1. The van der Waals surface area contributed by atoms with Gasteiger partial charge in [0.2, 0.25) is 5.91 Å². The summed E-state index contributed by atoms with van der Waals surface area (Å²) in [5.41, 5.74) is 2.11. The number of halogens is 2. The molecule has 168 valence electrons. The summed E-state index contributed by atoms with van der Waals surface area (Å²) in [6.45, 7) is 1.81. The molecule has 0 spiro atoms. The van der Waals surface area contributed by atoms with E-state index in [-0.39, 0.29) is 21.4 Å². The Hall–Kier alpha value is -2.90. The quantitative estimate of drug-likeness (QED) is 0.456. The largest absolute Gasteiger partial charge is 0.355 e. The smallest absolute Gasteiger partial charge is 0.264 e. The lowest BCUT2D eigenvalue weighted by atomic mass is 10.1. The number of aryl methyl sites for hydroxylation is 2. The molecule has 1 amide bonds. The highest BCUT2D eigenvalue weighted by Gasteiger charge is 2.28. The standard InChI is InChI=1S/C24H24ClFN2O3S/c1-18-8-14-21(15-9-18)32(30,31)28(23-7-3-2-6-22(23)25)17-24(29)27-16-4-5-19-10-12-20(26)13-11-19/h2-3,6-15H,4-5,16-17H2,1H3,(H,27,29). The average Bonchev–Trinajstić information content (AvgIpc) is 2.77. The number of carbonyl (C=O) groups is 1. The number of rotatable bonds is 9. The molecule has 0 atom stereocenters. The molecule has 3 aromatic rings. The predicted molar refractivity (Wildman–Crippen MR) is 125 cm³/mol. The molecule has 0 unspecified atom stereocenters. The molecule has 0 saturated heterocycles. The van der Waals surface area contributed by atoms with Gasteiger partial charge in [-0.15, -0.1) is 0 Å². The van der Waals surface area contributed by atoms with Gasteiger partial charge >= 0.3 is 0 Å². The van der Waals surface area contributed by atoms with Crippen molar-refractivity contribution in [2.24, 2.45) is 0 Å². The summed E-state index contributed by atoms with van der Waals surface area (Å²) in [5, 5.41) is 2.98. The van der Waals surface area contributed by atoms with Gasteiger partial charge in [-0.3, -0.25) is 9.10 Å². The van der Waals surface area contributed by atoms with Gasteiger partial charge in [0.05, 0.1) is 15.6 Å². The van der Waals surface area contributed by atoms with E-state index >= 15 is 0 Å². The number of sulfonamides is 1. The van der Waals surface area contributed by atoms with Gasteiger partial charge in [0.25, 0.3) is 10.0 Å². The monoisotopic (exact) mass is 474 g/mol. The summed E-state index contributed by atoms with van der Waals surface area (Å²) in [6, 6.07) is 19.1. The first-order chi connectivity index (χ1) is 15.3. The van der Waals surface area contributed by atoms with Crippen LogP contribution < -0.4 is 9.62 Å². The fraction of sp³-hybridized carbons (Fsp3) is 0.208. The van der Waals surface area contributed by atoms with E-state index in [0.29, 0.717) is 19.4 Å². The second-order valence-electron chi connectivity index (χ2n) is 7.36. The lowest BCUT2D eigenvalue weighted by Gasteiger charge is -2.25. The lowest BCUT2D eigenvalue weighted by molar-refractivity contribution is -0.119. The van der Waals surface area contributed by atoms with E-state index in [2.05, 4.69) is 5.32 Å². The molecule has 1 N–H and O–H groups in total. The number of nitrogens with one attached hydrogen (secondary N) is 1. The maximum absolute atomic E-state index is 13.3. The zero-order valence-corrected chi connectivity index (χ0v) is 19.2. The topological polar surface area (TPSA) is 66.5 Å². The van der Waals surface area contributed by atoms with Crippen LogP contribution in [0.4, 0.5) is 10.1 Å². The first-order valence-corrected chi connectivity index (χ1v) is 11.9. The zero-order valence-electron chi connectivity index (χ0n) is 17.6. The van der Waals surface area contributed by atoms with Gasteiger partial charge in [0.15, 0.2) is 0 Å². The minimum Gasteiger partial charge on any atom is -0.355 e. The third-order valence-electron chi connectivity index (χ3n) is 4.89. The third kappa shape index (κ3) is 6.08. The van der Waals surface area contributed by atoms with Crippen LogP contribution in [-0.4, -0.2) is 27.4 Å². The number of carbonyl (C=O) groups excluding carboxylic acids is 1. The molecule has 0 aromatic heterocycles. The molecule has 0 heterocycles. The van der Waals surface area contributed by atoms with Gasteiger partial charge in [0, 0.05) is 6.54 Å². The predicted octanol–water partition coefficient (Wildman–Crippen LogP) is 4.73. The van der Waals surface area contributed by atoms with Crippen LogP contribution in [0.3, 0.4) is 0 Å². The van der Waals surface area contributed by atoms with Gasteiger partial charge in [-0.2, -0.15) is 0 Å². The lowest BCUT2D eigenvalue weighted by Crippen LogP contribution is -2.41. The summed E-state index contributed by atoms with van der Waals surface area (Å²) in [4.78, 5) is 12.7. The Labute approximate surface area is 192 Å². The van der Waals surface area contributed by atoms with Crippen LogP contribution in [0.1, 0.15) is 17.5 Å². The molecular weight excluding hydrogens is 451 g/mol. The summed E-state index contributed by atoms with van der Waals surface area (Å²) in [6.07, 6.45) is 1.30. The van der Waals surface area contributed by atoms with Gasteiger partial charge < -0.3 is 5.32 Å². The van der Waals surface area contributed by atoms with Crippen LogP contribution in [0.15, 0.2) is 77.7 Å². The Kier molecular flexibility index (Phi) is 7.88. The molecule has 0 aliphatic heterocycles. The molecule has 0 aliphatic carbocycles. The van der Waals surface area contributed by atoms with E-state index in [4.69, 9.17) is 11.6 Å². The maximum atomic E-state index is 13.3. The molecule has 3 rings (SSSR count). The van der Waals surface area contributed by atoms with Crippen molar-refractivity contribution < 1.29 is 17.6 Å².